The third-order valence-corrected chi connectivity index (χ3v) is 2.43. The summed E-state index contributed by atoms with van der Waals surface area (Å²) >= 11 is 0. The Labute approximate surface area is 102 Å². The van der Waals surface area contributed by atoms with Crippen molar-refractivity contribution in [2.45, 2.75) is 13.3 Å². The van der Waals surface area contributed by atoms with Crippen LogP contribution >= 0.6 is 0 Å². The molecule has 2 N–H and O–H groups in total. The molecule has 0 bridgehead atoms. The normalized spacial score (nSPS) is 10.4. The van der Waals surface area contributed by atoms with Gasteiger partial charge >= 0.3 is 0 Å². The van der Waals surface area contributed by atoms with E-state index < -0.39 is 17.5 Å². The molecule has 0 fully saturated rings. The molecule has 0 aliphatic heterocycles. The minimum absolute atomic E-state index is 0.278. The van der Waals surface area contributed by atoms with Crippen LogP contribution in [-0.2, 0) is 6.42 Å². The molecule has 1 aromatic heterocycles. The van der Waals surface area contributed by atoms with Gasteiger partial charge in [0.05, 0.1) is 5.56 Å². The van der Waals surface area contributed by atoms with Gasteiger partial charge in [0.1, 0.15) is 11.6 Å². The van der Waals surface area contributed by atoms with Crippen LogP contribution < -0.4 is 5.32 Å². The zero-order chi connectivity index (χ0) is 13.1. The van der Waals surface area contributed by atoms with Gasteiger partial charge < -0.3 is 5.32 Å². The van der Waals surface area contributed by atoms with Crippen LogP contribution in [0.5, 0.6) is 0 Å². The number of rotatable bonds is 3. The van der Waals surface area contributed by atoms with E-state index in [0.717, 1.165) is 30.3 Å². The van der Waals surface area contributed by atoms with Crippen LogP contribution in [0.25, 0.3) is 0 Å². The van der Waals surface area contributed by atoms with Crippen molar-refractivity contribution in [2.24, 2.45) is 0 Å². The molecule has 1 amide bonds. The Kier molecular flexibility index (Phi) is 3.36. The van der Waals surface area contributed by atoms with Gasteiger partial charge in [-0.3, -0.25) is 9.89 Å². The predicted octanol–water partition coefficient (Wildman–Crippen LogP) is 2.50. The van der Waals surface area contributed by atoms with Gasteiger partial charge in [-0.1, -0.05) is 6.92 Å². The van der Waals surface area contributed by atoms with Crippen molar-refractivity contribution in [1.82, 2.24) is 10.2 Å². The van der Waals surface area contributed by atoms with Crippen LogP contribution in [0.3, 0.4) is 0 Å². The number of nitrogens with zero attached hydrogens (tertiary/aromatic N) is 1. The summed E-state index contributed by atoms with van der Waals surface area (Å²) in [5.41, 5.74) is 0.487. The lowest BCUT2D eigenvalue weighted by atomic mass is 10.2. The second kappa shape index (κ2) is 4.95. The summed E-state index contributed by atoms with van der Waals surface area (Å²) in [5.74, 6) is -1.90. The number of benzene rings is 1. The van der Waals surface area contributed by atoms with E-state index in [2.05, 4.69) is 15.5 Å². The fourth-order valence-corrected chi connectivity index (χ4v) is 1.46. The highest BCUT2D eigenvalue weighted by Crippen LogP contribution is 2.13. The zero-order valence-corrected chi connectivity index (χ0v) is 9.63. The van der Waals surface area contributed by atoms with Crippen molar-refractivity contribution >= 4 is 11.7 Å². The largest absolute Gasteiger partial charge is 0.305 e. The van der Waals surface area contributed by atoms with Crippen LogP contribution in [0.4, 0.5) is 14.6 Å². The molecule has 2 aromatic rings. The van der Waals surface area contributed by atoms with E-state index in [-0.39, 0.29) is 11.4 Å². The number of nitrogens with one attached hydrogen (secondary N) is 2. The molecule has 0 radical (unpaired) electrons. The number of amides is 1. The van der Waals surface area contributed by atoms with Gasteiger partial charge in [-0.05, 0) is 24.6 Å². The number of H-pyrrole nitrogens is 1. The van der Waals surface area contributed by atoms with Gasteiger partial charge in [0, 0.05) is 11.8 Å². The van der Waals surface area contributed by atoms with Gasteiger partial charge in [-0.2, -0.15) is 5.10 Å². The second-order valence-corrected chi connectivity index (χ2v) is 3.71. The number of aryl methyl sites for hydroxylation is 1. The summed E-state index contributed by atoms with van der Waals surface area (Å²) in [7, 11) is 0. The molecule has 2 rings (SSSR count). The Morgan fingerprint density at radius 1 is 1.39 bits per heavy atom. The van der Waals surface area contributed by atoms with E-state index in [1.54, 1.807) is 6.07 Å². The smallest absolute Gasteiger partial charge is 0.259 e. The summed E-state index contributed by atoms with van der Waals surface area (Å²) in [6, 6.07) is 4.34. The Morgan fingerprint density at radius 3 is 2.83 bits per heavy atom. The molecular formula is C12H11F2N3O. The molecular weight excluding hydrogens is 240 g/mol. The molecule has 0 unspecified atom stereocenters. The number of carbonyl (C=O) groups excluding carboxylic acids is 1. The lowest BCUT2D eigenvalue weighted by Crippen LogP contribution is -2.14. The molecule has 0 spiro atoms. The van der Waals surface area contributed by atoms with E-state index in [1.807, 2.05) is 6.92 Å². The first-order valence-electron chi connectivity index (χ1n) is 5.41. The minimum Gasteiger partial charge on any atom is -0.305 e. The highest BCUT2D eigenvalue weighted by Gasteiger charge is 2.14. The van der Waals surface area contributed by atoms with Crippen molar-refractivity contribution in [1.29, 1.82) is 0 Å². The van der Waals surface area contributed by atoms with Crippen LogP contribution in [-0.4, -0.2) is 16.1 Å². The van der Waals surface area contributed by atoms with Crippen LogP contribution in [0.1, 0.15) is 23.0 Å². The highest BCUT2D eigenvalue weighted by molar-refractivity contribution is 6.03. The van der Waals surface area contributed by atoms with Crippen molar-refractivity contribution in [3.63, 3.8) is 0 Å². The molecule has 1 heterocycles. The summed E-state index contributed by atoms with van der Waals surface area (Å²) in [6.07, 6.45) is 0.733. The first-order chi connectivity index (χ1) is 8.60. The molecule has 1 aromatic carbocycles. The van der Waals surface area contributed by atoms with E-state index in [0.29, 0.717) is 0 Å². The van der Waals surface area contributed by atoms with Crippen molar-refractivity contribution in [3.8, 4) is 0 Å². The van der Waals surface area contributed by atoms with Crippen LogP contribution in [0, 0.1) is 11.6 Å². The summed E-state index contributed by atoms with van der Waals surface area (Å²) in [5, 5.41) is 8.93. The maximum atomic E-state index is 13.3. The predicted molar refractivity (Wildman–Crippen MR) is 62.3 cm³/mol. The number of halogens is 2. The van der Waals surface area contributed by atoms with Crippen molar-refractivity contribution < 1.29 is 13.6 Å². The lowest BCUT2D eigenvalue weighted by Gasteiger charge is -2.03. The molecule has 94 valence electrons. The molecule has 4 nitrogen and oxygen atoms in total. The van der Waals surface area contributed by atoms with Crippen LogP contribution in [0.15, 0.2) is 24.3 Å². The summed E-state index contributed by atoms with van der Waals surface area (Å²) in [4.78, 5) is 11.7. The number of aromatic amines is 1. The van der Waals surface area contributed by atoms with Gasteiger partial charge in [-0.15, -0.1) is 0 Å². The third kappa shape index (κ3) is 2.53. The Hall–Kier alpha value is -2.24. The Balaban J connectivity index is 2.19. The maximum absolute atomic E-state index is 13.3. The number of aromatic nitrogens is 2. The van der Waals surface area contributed by atoms with Gasteiger partial charge in [0.2, 0.25) is 0 Å². The van der Waals surface area contributed by atoms with Gasteiger partial charge in [-0.25, -0.2) is 8.78 Å². The molecule has 6 heteroatoms. The number of carbonyl (C=O) groups is 1. The number of hydrogen-bond donors (Lipinski definition) is 2. The average molecular weight is 251 g/mol. The molecule has 0 aliphatic rings. The number of anilines is 1. The van der Waals surface area contributed by atoms with E-state index in [9.17, 15) is 13.6 Å². The van der Waals surface area contributed by atoms with E-state index in [4.69, 9.17) is 0 Å². The fourth-order valence-electron chi connectivity index (χ4n) is 1.46. The van der Waals surface area contributed by atoms with E-state index in [1.165, 1.54) is 0 Å². The zero-order valence-electron chi connectivity index (χ0n) is 9.63. The molecule has 0 saturated carbocycles. The minimum atomic E-state index is -0.778. The van der Waals surface area contributed by atoms with Crippen LogP contribution in [0.2, 0.25) is 0 Å². The Morgan fingerprint density at radius 2 is 2.17 bits per heavy atom. The molecule has 0 atom stereocenters. The first-order valence-corrected chi connectivity index (χ1v) is 5.41. The first kappa shape index (κ1) is 12.2. The second-order valence-electron chi connectivity index (χ2n) is 3.71. The van der Waals surface area contributed by atoms with Gasteiger partial charge in [0.15, 0.2) is 5.82 Å². The third-order valence-electron chi connectivity index (χ3n) is 2.43. The maximum Gasteiger partial charge on any atom is 0.259 e. The molecule has 0 aliphatic carbocycles. The number of hydrogen-bond acceptors (Lipinski definition) is 2. The Bertz CT molecular complexity index is 580. The topological polar surface area (TPSA) is 57.8 Å². The standard InChI is InChI=1S/C12H11F2N3O/c1-2-8-6-11(17-16-8)15-12(18)9-5-7(13)3-4-10(9)14/h3-6H,2H2,1H3,(H2,15,16,17,18). The monoisotopic (exact) mass is 251 g/mol. The quantitative estimate of drug-likeness (QED) is 0.880. The highest BCUT2D eigenvalue weighted by atomic mass is 19.1. The average Bonchev–Trinajstić information content (AvgIpc) is 2.80. The van der Waals surface area contributed by atoms with Crippen molar-refractivity contribution in [3.05, 3.63) is 47.2 Å². The van der Waals surface area contributed by atoms with Crippen molar-refractivity contribution in [2.75, 3.05) is 5.32 Å². The van der Waals surface area contributed by atoms with Gasteiger partial charge in [0.25, 0.3) is 5.91 Å². The lowest BCUT2D eigenvalue weighted by molar-refractivity contribution is 0.102. The molecule has 18 heavy (non-hydrogen) atoms. The molecule has 0 saturated heterocycles. The fraction of sp³-hybridized carbons (Fsp3) is 0.167. The summed E-state index contributed by atoms with van der Waals surface area (Å²) in [6.45, 7) is 1.92. The van der Waals surface area contributed by atoms with E-state index >= 15 is 0 Å². The summed E-state index contributed by atoms with van der Waals surface area (Å²) < 4.78 is 26.3. The SMILES string of the molecule is CCc1cc(NC(=O)c2cc(F)ccc2F)n[nH]1.